The third kappa shape index (κ3) is 9.22. The average Bonchev–Trinajstić information content (AvgIpc) is 1.90. The molecule has 0 aliphatic carbocycles. The fourth-order valence-corrected chi connectivity index (χ4v) is 1.28. The van der Waals surface area contributed by atoms with Crippen molar-refractivity contribution in [2.24, 2.45) is 0 Å². The van der Waals surface area contributed by atoms with E-state index in [1.165, 1.54) is 0 Å². The topological polar surface area (TPSA) is 27.7 Å². The van der Waals surface area contributed by atoms with Crippen molar-refractivity contribution in [3.8, 4) is 0 Å². The Labute approximate surface area is 92.1 Å². The summed E-state index contributed by atoms with van der Waals surface area (Å²) in [6.45, 7) is 7.71. The summed E-state index contributed by atoms with van der Waals surface area (Å²) in [7, 11) is -1.06. The summed E-state index contributed by atoms with van der Waals surface area (Å²) < 4.78 is 15.4. The molecule has 0 N–H and O–H groups in total. The van der Waals surface area contributed by atoms with Crippen LogP contribution in [0.2, 0.25) is 0 Å². The van der Waals surface area contributed by atoms with E-state index >= 15 is 0 Å². The summed E-state index contributed by atoms with van der Waals surface area (Å²) in [5, 5.41) is 0. The van der Waals surface area contributed by atoms with Gasteiger partial charge in [-0.15, -0.1) is 0 Å². The van der Waals surface area contributed by atoms with Gasteiger partial charge in [0, 0.05) is 29.6 Å². The molecule has 0 aliphatic heterocycles. The first-order valence-electron chi connectivity index (χ1n) is 3.54. The third-order valence-corrected chi connectivity index (χ3v) is 2.11. The predicted molar refractivity (Wildman–Crippen MR) is 47.6 cm³/mol. The first kappa shape index (κ1) is 14.8. The quantitative estimate of drug-likeness (QED) is 0.472. The molecule has 5 heteroatoms. The summed E-state index contributed by atoms with van der Waals surface area (Å²) in [5.41, 5.74) is 0. The van der Waals surface area contributed by atoms with Crippen LogP contribution in [0.25, 0.3) is 0 Å². The molecule has 0 fully saturated rings. The standard InChI is InChI=1S/C6H15O3P.Na/c1-4-7-10(8-5-2)9-6-3;/h4-6H2,1-3H3;. The molecule has 0 aromatic carbocycles. The molecular weight excluding hydrogens is 174 g/mol. The van der Waals surface area contributed by atoms with Gasteiger partial charge in [0.25, 0.3) is 0 Å². The monoisotopic (exact) mass is 189 g/mol. The molecule has 0 aliphatic rings. The van der Waals surface area contributed by atoms with E-state index in [0.29, 0.717) is 19.8 Å². The molecule has 11 heavy (non-hydrogen) atoms. The second kappa shape index (κ2) is 11.3. The Morgan fingerprint density at radius 2 is 1.09 bits per heavy atom. The van der Waals surface area contributed by atoms with Gasteiger partial charge in [0.2, 0.25) is 0 Å². The third-order valence-electron chi connectivity index (χ3n) is 0.704. The molecule has 0 rings (SSSR count). The van der Waals surface area contributed by atoms with E-state index in [1.54, 1.807) is 0 Å². The minimum Gasteiger partial charge on any atom is -0.313 e. The molecule has 0 aromatic rings. The zero-order valence-electron chi connectivity index (χ0n) is 7.79. The fourth-order valence-electron chi connectivity index (χ4n) is 0.428. The summed E-state index contributed by atoms with van der Waals surface area (Å²) in [6, 6.07) is 0. The van der Waals surface area contributed by atoms with Crippen molar-refractivity contribution < 1.29 is 13.6 Å². The van der Waals surface area contributed by atoms with E-state index in [1.807, 2.05) is 20.8 Å². The van der Waals surface area contributed by atoms with Crippen LogP contribution in [0.1, 0.15) is 20.8 Å². The minimum atomic E-state index is -1.06. The Hall–Kier alpha value is 1.31. The summed E-state index contributed by atoms with van der Waals surface area (Å²) in [4.78, 5) is 0. The second-order valence-electron chi connectivity index (χ2n) is 1.48. The van der Waals surface area contributed by atoms with Gasteiger partial charge in [-0.1, -0.05) is 0 Å². The Kier molecular flexibility index (Phi) is 15.2. The largest absolute Gasteiger partial charge is 0.332 e. The Balaban J connectivity index is 0. The Bertz CT molecular complexity index is 60.6. The van der Waals surface area contributed by atoms with Gasteiger partial charge >= 0.3 is 8.60 Å². The fraction of sp³-hybridized carbons (Fsp3) is 1.00. The van der Waals surface area contributed by atoms with Crippen LogP contribution in [0.4, 0.5) is 0 Å². The summed E-state index contributed by atoms with van der Waals surface area (Å²) in [6.07, 6.45) is 0. The Morgan fingerprint density at radius 3 is 1.27 bits per heavy atom. The molecular formula is C6H15NaO3P. The van der Waals surface area contributed by atoms with E-state index in [4.69, 9.17) is 13.6 Å². The number of rotatable bonds is 6. The molecule has 0 spiro atoms. The maximum atomic E-state index is 5.14. The summed E-state index contributed by atoms with van der Waals surface area (Å²) >= 11 is 0. The van der Waals surface area contributed by atoms with Crippen LogP contribution >= 0.6 is 8.60 Å². The van der Waals surface area contributed by atoms with Crippen LogP contribution in [0, 0.1) is 0 Å². The van der Waals surface area contributed by atoms with Crippen molar-refractivity contribution in [3.63, 3.8) is 0 Å². The van der Waals surface area contributed by atoms with Crippen LogP contribution in [0.15, 0.2) is 0 Å². The molecule has 0 bridgehead atoms. The first-order chi connectivity index (χ1) is 4.85. The van der Waals surface area contributed by atoms with Gasteiger partial charge in [0.05, 0.1) is 19.8 Å². The van der Waals surface area contributed by atoms with E-state index in [2.05, 4.69) is 0 Å². The molecule has 63 valence electrons. The predicted octanol–water partition coefficient (Wildman–Crippen LogP) is 1.94. The maximum Gasteiger partial charge on any atom is 0.332 e. The molecule has 0 aromatic heterocycles. The maximum absolute atomic E-state index is 5.14. The van der Waals surface area contributed by atoms with E-state index in [-0.39, 0.29) is 29.6 Å². The molecule has 0 atom stereocenters. The van der Waals surface area contributed by atoms with Gasteiger partial charge in [-0.2, -0.15) is 0 Å². The van der Waals surface area contributed by atoms with Crippen LogP contribution in [-0.2, 0) is 13.6 Å². The van der Waals surface area contributed by atoms with Crippen molar-refractivity contribution in [2.75, 3.05) is 19.8 Å². The van der Waals surface area contributed by atoms with Gasteiger partial charge in [-0.25, -0.2) is 0 Å². The smallest absolute Gasteiger partial charge is 0.313 e. The SMILES string of the molecule is CCOP(OCC)OCC.[Na]. The normalized spacial score (nSPS) is 9.82. The van der Waals surface area contributed by atoms with Crippen LogP contribution in [0.5, 0.6) is 0 Å². The van der Waals surface area contributed by atoms with Gasteiger partial charge in [0.15, 0.2) is 0 Å². The average molecular weight is 189 g/mol. The molecule has 0 heterocycles. The number of hydrogen-bond acceptors (Lipinski definition) is 3. The van der Waals surface area contributed by atoms with Gasteiger partial charge in [0.1, 0.15) is 0 Å². The van der Waals surface area contributed by atoms with Gasteiger partial charge in [-0.3, -0.25) is 0 Å². The molecule has 0 saturated heterocycles. The Morgan fingerprint density at radius 1 is 0.818 bits per heavy atom. The van der Waals surface area contributed by atoms with E-state index in [9.17, 15) is 0 Å². The van der Waals surface area contributed by atoms with E-state index in [0.717, 1.165) is 0 Å². The van der Waals surface area contributed by atoms with Crippen LogP contribution < -0.4 is 0 Å². The molecule has 0 unspecified atom stereocenters. The van der Waals surface area contributed by atoms with Crippen LogP contribution in [0.3, 0.4) is 0 Å². The van der Waals surface area contributed by atoms with Gasteiger partial charge < -0.3 is 13.6 Å². The number of hydrogen-bond donors (Lipinski definition) is 0. The summed E-state index contributed by atoms with van der Waals surface area (Å²) in [5.74, 6) is 0. The molecule has 0 saturated carbocycles. The zero-order valence-corrected chi connectivity index (χ0v) is 10.7. The zero-order chi connectivity index (χ0) is 7.82. The van der Waals surface area contributed by atoms with Crippen molar-refractivity contribution >= 4 is 38.2 Å². The van der Waals surface area contributed by atoms with Crippen molar-refractivity contribution in [1.29, 1.82) is 0 Å². The van der Waals surface area contributed by atoms with Crippen molar-refractivity contribution in [2.45, 2.75) is 20.8 Å². The van der Waals surface area contributed by atoms with E-state index < -0.39 is 8.60 Å². The van der Waals surface area contributed by atoms with Crippen LogP contribution in [-0.4, -0.2) is 49.4 Å². The molecule has 3 nitrogen and oxygen atoms in total. The minimum absolute atomic E-state index is 0. The second-order valence-corrected chi connectivity index (χ2v) is 2.70. The van der Waals surface area contributed by atoms with Crippen molar-refractivity contribution in [3.05, 3.63) is 0 Å². The van der Waals surface area contributed by atoms with Crippen molar-refractivity contribution in [1.82, 2.24) is 0 Å². The molecule has 0 amide bonds. The first-order valence-corrected chi connectivity index (χ1v) is 4.63. The molecule has 1 radical (unpaired) electrons. The van der Waals surface area contributed by atoms with Gasteiger partial charge in [-0.05, 0) is 20.8 Å².